The van der Waals surface area contributed by atoms with Crippen molar-refractivity contribution >= 4 is 34.2 Å². The Morgan fingerprint density at radius 3 is 2.70 bits per heavy atom. The van der Waals surface area contributed by atoms with Crippen LogP contribution in [-0.2, 0) is 0 Å². The number of aliphatic hydroxyl groups excluding tert-OH is 1. The van der Waals surface area contributed by atoms with Gasteiger partial charge in [-0.2, -0.15) is 11.3 Å². The molecule has 0 atom stereocenters. The maximum Gasteiger partial charge on any atom is 0.248 e. The highest BCUT2D eigenvalue weighted by molar-refractivity contribution is 7.08. The Morgan fingerprint density at radius 2 is 2.04 bits per heavy atom. The maximum atomic E-state index is 11.3. The third kappa shape index (κ3) is 3.25. The fourth-order valence-corrected chi connectivity index (χ4v) is 3.32. The number of aliphatic hydroxyl groups is 1. The van der Waals surface area contributed by atoms with Gasteiger partial charge in [0.25, 0.3) is 0 Å². The van der Waals surface area contributed by atoms with E-state index in [0.717, 1.165) is 11.3 Å². The lowest BCUT2D eigenvalue weighted by atomic mass is 10.1. The average molecular weight is 380 g/mol. The molecule has 0 saturated heterocycles. The SMILES string of the molecule is NC(=O)c1ccc(-c2nc(NCCO)c3ncn(-c4ccsc4)c3n2)cc1. The number of aromatic nitrogens is 4. The zero-order valence-electron chi connectivity index (χ0n) is 14.2. The Balaban J connectivity index is 1.87. The quantitative estimate of drug-likeness (QED) is 0.471. The van der Waals surface area contributed by atoms with Gasteiger partial charge in [0.05, 0.1) is 12.3 Å². The van der Waals surface area contributed by atoms with Crippen LogP contribution in [0.2, 0.25) is 0 Å². The van der Waals surface area contributed by atoms with Gasteiger partial charge in [-0.3, -0.25) is 9.36 Å². The fourth-order valence-electron chi connectivity index (χ4n) is 2.69. The minimum absolute atomic E-state index is 0.0284. The van der Waals surface area contributed by atoms with E-state index in [2.05, 4.69) is 20.3 Å². The molecule has 0 fully saturated rings. The summed E-state index contributed by atoms with van der Waals surface area (Å²) in [4.78, 5) is 25.0. The predicted octanol–water partition coefficient (Wildman–Crippen LogP) is 2.05. The molecule has 4 rings (SSSR count). The monoisotopic (exact) mass is 380 g/mol. The van der Waals surface area contributed by atoms with Gasteiger partial charge < -0.3 is 16.2 Å². The van der Waals surface area contributed by atoms with Crippen LogP contribution in [0.25, 0.3) is 28.2 Å². The highest BCUT2D eigenvalue weighted by Crippen LogP contribution is 2.26. The molecule has 3 heterocycles. The van der Waals surface area contributed by atoms with E-state index in [4.69, 9.17) is 10.8 Å². The molecule has 27 heavy (non-hydrogen) atoms. The fraction of sp³-hybridized carbons (Fsp3) is 0.111. The third-order valence-corrected chi connectivity index (χ3v) is 4.68. The van der Waals surface area contributed by atoms with Crippen LogP contribution in [0.1, 0.15) is 10.4 Å². The highest BCUT2D eigenvalue weighted by atomic mass is 32.1. The molecule has 0 aliphatic carbocycles. The molecule has 0 aliphatic heterocycles. The number of fused-ring (bicyclic) bond motifs is 1. The summed E-state index contributed by atoms with van der Waals surface area (Å²) in [6.07, 6.45) is 1.70. The summed E-state index contributed by atoms with van der Waals surface area (Å²) in [6.45, 7) is 0.316. The largest absolute Gasteiger partial charge is 0.395 e. The zero-order chi connectivity index (χ0) is 18.8. The third-order valence-electron chi connectivity index (χ3n) is 4.01. The number of nitrogens with one attached hydrogen (secondary N) is 1. The average Bonchev–Trinajstić information content (AvgIpc) is 3.35. The molecule has 9 heteroatoms. The van der Waals surface area contributed by atoms with E-state index >= 15 is 0 Å². The van der Waals surface area contributed by atoms with E-state index in [9.17, 15) is 4.79 Å². The Hall–Kier alpha value is -3.30. The summed E-state index contributed by atoms with van der Waals surface area (Å²) in [5.41, 5.74) is 8.69. The summed E-state index contributed by atoms with van der Waals surface area (Å²) in [5.74, 6) is 0.534. The van der Waals surface area contributed by atoms with Gasteiger partial charge in [-0.15, -0.1) is 0 Å². The van der Waals surface area contributed by atoms with Gasteiger partial charge in [0.1, 0.15) is 6.33 Å². The lowest BCUT2D eigenvalue weighted by Gasteiger charge is -2.09. The van der Waals surface area contributed by atoms with Crippen molar-refractivity contribution in [2.75, 3.05) is 18.5 Å². The van der Waals surface area contributed by atoms with Crippen LogP contribution in [0.4, 0.5) is 5.82 Å². The van der Waals surface area contributed by atoms with E-state index in [1.807, 2.05) is 21.4 Å². The molecule has 1 amide bonds. The summed E-state index contributed by atoms with van der Waals surface area (Å²) in [7, 11) is 0. The topological polar surface area (TPSA) is 119 Å². The van der Waals surface area contributed by atoms with E-state index in [1.54, 1.807) is 41.9 Å². The standard InChI is InChI=1S/C18H16N6O2S/c19-15(26)11-1-3-12(4-2-11)16-22-17(20-6-7-25)14-18(23-16)24(10-21-14)13-5-8-27-9-13/h1-5,8-10,25H,6-7H2,(H2,19,26)(H,20,22,23). The highest BCUT2D eigenvalue weighted by Gasteiger charge is 2.15. The summed E-state index contributed by atoms with van der Waals surface area (Å²) in [5, 5.41) is 16.2. The van der Waals surface area contributed by atoms with Crippen LogP contribution in [0.15, 0.2) is 47.4 Å². The normalized spacial score (nSPS) is 11.0. The van der Waals surface area contributed by atoms with Crippen molar-refractivity contribution in [3.8, 4) is 17.1 Å². The first-order chi connectivity index (χ1) is 13.2. The molecule has 4 N–H and O–H groups in total. The van der Waals surface area contributed by atoms with Crippen molar-refractivity contribution in [2.45, 2.75) is 0 Å². The van der Waals surface area contributed by atoms with E-state index in [-0.39, 0.29) is 6.61 Å². The Morgan fingerprint density at radius 1 is 1.22 bits per heavy atom. The molecular weight excluding hydrogens is 364 g/mol. The number of hydrogen-bond donors (Lipinski definition) is 3. The van der Waals surface area contributed by atoms with Gasteiger partial charge in [0.15, 0.2) is 22.8 Å². The number of carbonyl (C=O) groups excluding carboxylic acids is 1. The number of rotatable bonds is 6. The number of hydrogen-bond acceptors (Lipinski definition) is 7. The minimum Gasteiger partial charge on any atom is -0.395 e. The second-order valence-electron chi connectivity index (χ2n) is 5.76. The number of nitrogens with zero attached hydrogens (tertiary/aromatic N) is 4. The van der Waals surface area contributed by atoms with E-state index < -0.39 is 5.91 Å². The Bertz CT molecular complexity index is 1090. The van der Waals surface area contributed by atoms with Crippen molar-refractivity contribution < 1.29 is 9.90 Å². The van der Waals surface area contributed by atoms with Crippen LogP contribution in [0.3, 0.4) is 0 Å². The first-order valence-electron chi connectivity index (χ1n) is 8.20. The molecule has 0 saturated carbocycles. The molecule has 3 aromatic heterocycles. The first-order valence-corrected chi connectivity index (χ1v) is 9.14. The number of primary amides is 1. The maximum absolute atomic E-state index is 11.3. The van der Waals surface area contributed by atoms with Crippen molar-refractivity contribution in [3.05, 3.63) is 53.0 Å². The number of benzene rings is 1. The number of anilines is 1. The molecule has 4 aromatic rings. The van der Waals surface area contributed by atoms with E-state index in [1.165, 1.54) is 0 Å². The van der Waals surface area contributed by atoms with Crippen molar-refractivity contribution in [2.24, 2.45) is 5.73 Å². The van der Waals surface area contributed by atoms with Gasteiger partial charge in [0.2, 0.25) is 5.91 Å². The summed E-state index contributed by atoms with van der Waals surface area (Å²) in [6, 6.07) is 8.77. The first kappa shape index (κ1) is 17.1. The molecule has 0 unspecified atom stereocenters. The van der Waals surface area contributed by atoms with Crippen molar-refractivity contribution in [1.29, 1.82) is 0 Å². The molecule has 0 radical (unpaired) electrons. The van der Waals surface area contributed by atoms with Gasteiger partial charge in [0, 0.05) is 23.1 Å². The zero-order valence-corrected chi connectivity index (χ0v) is 15.0. The molecule has 0 aliphatic rings. The molecule has 8 nitrogen and oxygen atoms in total. The molecule has 0 spiro atoms. The number of nitrogens with two attached hydrogens (primary N) is 1. The number of amides is 1. The van der Waals surface area contributed by atoms with Gasteiger partial charge in [-0.05, 0) is 23.6 Å². The van der Waals surface area contributed by atoms with Gasteiger partial charge in [-0.1, -0.05) is 12.1 Å². The number of imidazole rings is 1. The van der Waals surface area contributed by atoms with Crippen LogP contribution in [-0.4, -0.2) is 43.7 Å². The molecular formula is C18H16N6O2S. The van der Waals surface area contributed by atoms with E-state index in [0.29, 0.717) is 34.9 Å². The minimum atomic E-state index is -0.487. The molecule has 0 bridgehead atoms. The van der Waals surface area contributed by atoms with Crippen LogP contribution < -0.4 is 11.1 Å². The number of carbonyl (C=O) groups is 1. The van der Waals surface area contributed by atoms with Crippen LogP contribution in [0.5, 0.6) is 0 Å². The summed E-state index contributed by atoms with van der Waals surface area (Å²) >= 11 is 1.58. The predicted molar refractivity (Wildman–Crippen MR) is 104 cm³/mol. The van der Waals surface area contributed by atoms with Crippen LogP contribution in [0, 0.1) is 0 Å². The smallest absolute Gasteiger partial charge is 0.248 e. The van der Waals surface area contributed by atoms with Gasteiger partial charge in [-0.25, -0.2) is 15.0 Å². The van der Waals surface area contributed by atoms with Crippen molar-refractivity contribution in [1.82, 2.24) is 19.5 Å². The van der Waals surface area contributed by atoms with Crippen molar-refractivity contribution in [3.63, 3.8) is 0 Å². The van der Waals surface area contributed by atoms with Crippen LogP contribution >= 0.6 is 11.3 Å². The second-order valence-corrected chi connectivity index (χ2v) is 6.54. The molecule has 1 aromatic carbocycles. The lowest BCUT2D eigenvalue weighted by Crippen LogP contribution is -2.10. The lowest BCUT2D eigenvalue weighted by molar-refractivity contribution is 0.100. The Kier molecular flexibility index (Phi) is 4.53. The molecule has 136 valence electrons. The van der Waals surface area contributed by atoms with Gasteiger partial charge >= 0.3 is 0 Å². The summed E-state index contributed by atoms with van der Waals surface area (Å²) < 4.78 is 1.89. The second kappa shape index (κ2) is 7.14. The number of thiophene rings is 1. The Labute approximate surface area is 158 Å².